The molecule has 1 aliphatic carbocycles. The van der Waals surface area contributed by atoms with Gasteiger partial charge < -0.3 is 9.47 Å². The highest BCUT2D eigenvalue weighted by atomic mass is 16.5. The van der Waals surface area contributed by atoms with Crippen LogP contribution in [0.5, 0.6) is 5.75 Å². The Kier molecular flexibility index (Phi) is 5.06. The SMILES string of the molecule is COc1cccc(CN2CC(N(CC3CC3)C3CCOCC3)C2)c1. The Hall–Kier alpha value is -1.10. The minimum Gasteiger partial charge on any atom is -0.497 e. The van der Waals surface area contributed by atoms with Crippen molar-refractivity contribution in [3.63, 3.8) is 0 Å². The summed E-state index contributed by atoms with van der Waals surface area (Å²) in [6, 6.07) is 9.98. The molecule has 3 fully saturated rings. The first kappa shape index (κ1) is 16.4. The molecule has 1 aromatic rings. The summed E-state index contributed by atoms with van der Waals surface area (Å²) in [5.74, 6) is 1.93. The number of ether oxygens (including phenoxy) is 2. The second-order valence-electron chi connectivity index (χ2n) is 7.68. The maximum atomic E-state index is 5.57. The number of rotatable bonds is 7. The number of hydrogen-bond donors (Lipinski definition) is 0. The Labute approximate surface area is 145 Å². The number of nitrogens with zero attached hydrogens (tertiary/aromatic N) is 2. The molecule has 0 radical (unpaired) electrons. The van der Waals surface area contributed by atoms with Crippen molar-refractivity contribution in [3.8, 4) is 5.75 Å². The standard InChI is InChI=1S/C20H30N2O2/c1-23-20-4-2-3-17(11-20)12-21-14-19(15-21)22(13-16-5-6-16)18-7-9-24-10-8-18/h2-4,11,16,18-19H,5-10,12-15H2,1H3. The minimum atomic E-state index is 0.749. The second-order valence-corrected chi connectivity index (χ2v) is 7.68. The third kappa shape index (κ3) is 3.93. The van der Waals surface area contributed by atoms with Gasteiger partial charge in [0.2, 0.25) is 0 Å². The molecule has 0 aromatic heterocycles. The van der Waals surface area contributed by atoms with Gasteiger partial charge >= 0.3 is 0 Å². The molecule has 3 aliphatic rings. The fraction of sp³-hybridized carbons (Fsp3) is 0.700. The van der Waals surface area contributed by atoms with Crippen LogP contribution in [0.2, 0.25) is 0 Å². The van der Waals surface area contributed by atoms with Gasteiger partial charge in [-0.05, 0) is 49.3 Å². The number of likely N-dealkylation sites (tertiary alicyclic amines) is 1. The molecule has 24 heavy (non-hydrogen) atoms. The van der Waals surface area contributed by atoms with Crippen molar-refractivity contribution in [3.05, 3.63) is 29.8 Å². The van der Waals surface area contributed by atoms with Gasteiger partial charge in [-0.2, -0.15) is 0 Å². The van der Waals surface area contributed by atoms with Gasteiger partial charge in [0.15, 0.2) is 0 Å². The molecule has 1 saturated carbocycles. The van der Waals surface area contributed by atoms with Crippen LogP contribution >= 0.6 is 0 Å². The van der Waals surface area contributed by atoms with Crippen molar-refractivity contribution in [2.24, 2.45) is 5.92 Å². The van der Waals surface area contributed by atoms with Gasteiger partial charge in [0.1, 0.15) is 5.75 Å². The molecule has 0 N–H and O–H groups in total. The van der Waals surface area contributed by atoms with Crippen LogP contribution in [0.1, 0.15) is 31.2 Å². The molecular weight excluding hydrogens is 300 g/mol. The lowest BCUT2D eigenvalue weighted by Gasteiger charge is -2.49. The van der Waals surface area contributed by atoms with Crippen molar-refractivity contribution in [2.45, 2.75) is 44.3 Å². The summed E-state index contributed by atoms with van der Waals surface area (Å²) in [5, 5.41) is 0. The summed E-state index contributed by atoms with van der Waals surface area (Å²) in [6.07, 6.45) is 5.33. The topological polar surface area (TPSA) is 24.9 Å². The van der Waals surface area contributed by atoms with E-state index in [1.54, 1.807) is 7.11 Å². The molecule has 4 heteroatoms. The zero-order valence-corrected chi connectivity index (χ0v) is 14.8. The van der Waals surface area contributed by atoms with Crippen LogP contribution in [0.25, 0.3) is 0 Å². The summed E-state index contributed by atoms with van der Waals surface area (Å²) in [5.41, 5.74) is 1.35. The van der Waals surface area contributed by atoms with Gasteiger partial charge in [-0.3, -0.25) is 9.80 Å². The molecule has 0 bridgehead atoms. The van der Waals surface area contributed by atoms with Gasteiger partial charge in [-0.15, -0.1) is 0 Å². The van der Waals surface area contributed by atoms with E-state index in [1.165, 1.54) is 50.9 Å². The third-order valence-corrected chi connectivity index (χ3v) is 5.77. The van der Waals surface area contributed by atoms with Crippen molar-refractivity contribution in [1.82, 2.24) is 9.80 Å². The third-order valence-electron chi connectivity index (χ3n) is 5.77. The van der Waals surface area contributed by atoms with E-state index >= 15 is 0 Å². The summed E-state index contributed by atoms with van der Waals surface area (Å²) < 4.78 is 10.9. The lowest BCUT2D eigenvalue weighted by molar-refractivity contribution is -0.0355. The molecule has 2 heterocycles. The van der Waals surface area contributed by atoms with Gasteiger partial charge in [-0.25, -0.2) is 0 Å². The van der Waals surface area contributed by atoms with Crippen LogP contribution < -0.4 is 4.74 Å². The predicted octanol–water partition coefficient (Wildman–Crippen LogP) is 2.77. The summed E-state index contributed by atoms with van der Waals surface area (Å²) >= 11 is 0. The maximum absolute atomic E-state index is 5.57. The molecule has 4 nitrogen and oxygen atoms in total. The zero-order chi connectivity index (χ0) is 16.4. The monoisotopic (exact) mass is 330 g/mol. The van der Waals surface area contributed by atoms with E-state index in [0.717, 1.165) is 43.5 Å². The number of methoxy groups -OCH3 is 1. The second kappa shape index (κ2) is 7.42. The van der Waals surface area contributed by atoms with E-state index in [0.29, 0.717) is 0 Å². The van der Waals surface area contributed by atoms with E-state index in [1.807, 2.05) is 6.07 Å². The van der Waals surface area contributed by atoms with Gasteiger partial charge in [0.25, 0.3) is 0 Å². The molecule has 1 aromatic carbocycles. The van der Waals surface area contributed by atoms with E-state index in [-0.39, 0.29) is 0 Å². The molecule has 4 rings (SSSR count). The normalized spacial score (nSPS) is 23.4. The molecule has 2 aliphatic heterocycles. The fourth-order valence-electron chi connectivity index (χ4n) is 4.12. The van der Waals surface area contributed by atoms with Crippen molar-refractivity contribution in [2.75, 3.05) is 40.0 Å². The van der Waals surface area contributed by atoms with Gasteiger partial charge in [0.05, 0.1) is 7.11 Å². The summed E-state index contributed by atoms with van der Waals surface area (Å²) in [4.78, 5) is 5.40. The highest BCUT2D eigenvalue weighted by molar-refractivity contribution is 5.28. The van der Waals surface area contributed by atoms with Crippen molar-refractivity contribution < 1.29 is 9.47 Å². The van der Waals surface area contributed by atoms with Crippen molar-refractivity contribution >= 4 is 0 Å². The van der Waals surface area contributed by atoms with Crippen LogP contribution in [0, 0.1) is 5.92 Å². The fourth-order valence-corrected chi connectivity index (χ4v) is 4.12. The average molecular weight is 330 g/mol. The largest absolute Gasteiger partial charge is 0.497 e. The van der Waals surface area contributed by atoms with E-state index in [9.17, 15) is 0 Å². The predicted molar refractivity (Wildman–Crippen MR) is 95.3 cm³/mol. The molecule has 2 saturated heterocycles. The highest BCUT2D eigenvalue weighted by Crippen LogP contribution is 2.34. The maximum Gasteiger partial charge on any atom is 0.119 e. The molecule has 0 spiro atoms. The Morgan fingerprint density at radius 2 is 1.92 bits per heavy atom. The quantitative estimate of drug-likeness (QED) is 0.767. The summed E-state index contributed by atoms with van der Waals surface area (Å²) in [7, 11) is 1.74. The average Bonchev–Trinajstić information content (AvgIpc) is 3.41. The first-order valence-corrected chi connectivity index (χ1v) is 9.50. The molecular formula is C20H30N2O2. The number of hydrogen-bond acceptors (Lipinski definition) is 4. The number of benzene rings is 1. The van der Waals surface area contributed by atoms with Crippen LogP contribution in [-0.4, -0.2) is 61.8 Å². The van der Waals surface area contributed by atoms with Crippen molar-refractivity contribution in [1.29, 1.82) is 0 Å². The van der Waals surface area contributed by atoms with Crippen LogP contribution in [-0.2, 0) is 11.3 Å². The highest BCUT2D eigenvalue weighted by Gasteiger charge is 2.38. The first-order chi connectivity index (χ1) is 11.8. The molecule has 132 valence electrons. The van der Waals surface area contributed by atoms with Gasteiger partial charge in [-0.1, -0.05) is 12.1 Å². The first-order valence-electron chi connectivity index (χ1n) is 9.50. The Balaban J connectivity index is 1.31. The Morgan fingerprint density at radius 3 is 2.62 bits per heavy atom. The van der Waals surface area contributed by atoms with E-state index in [2.05, 4.69) is 28.0 Å². The molecule has 0 atom stereocenters. The Bertz CT molecular complexity index is 534. The van der Waals surface area contributed by atoms with Gasteiger partial charge in [0, 0.05) is 51.5 Å². The zero-order valence-electron chi connectivity index (χ0n) is 14.8. The lowest BCUT2D eigenvalue weighted by Crippen LogP contribution is -2.62. The lowest BCUT2D eigenvalue weighted by atomic mass is 9.98. The Morgan fingerprint density at radius 1 is 1.12 bits per heavy atom. The van der Waals surface area contributed by atoms with Crippen LogP contribution in [0.3, 0.4) is 0 Å². The molecule has 0 unspecified atom stereocenters. The van der Waals surface area contributed by atoms with Crippen LogP contribution in [0.15, 0.2) is 24.3 Å². The summed E-state index contributed by atoms with van der Waals surface area (Å²) in [6.45, 7) is 6.68. The van der Waals surface area contributed by atoms with Crippen LogP contribution in [0.4, 0.5) is 0 Å². The van der Waals surface area contributed by atoms with E-state index in [4.69, 9.17) is 9.47 Å². The smallest absolute Gasteiger partial charge is 0.119 e. The van der Waals surface area contributed by atoms with E-state index < -0.39 is 0 Å². The minimum absolute atomic E-state index is 0.749. The molecule has 0 amide bonds.